The number of benzene rings is 6. The molecule has 7 rings (SSSR count). The molecule has 0 fully saturated rings. The van der Waals surface area contributed by atoms with E-state index in [-0.39, 0.29) is 0 Å². The highest BCUT2D eigenvalue weighted by atomic mass is 31.1. The Balaban J connectivity index is 1.71. The van der Waals surface area contributed by atoms with Gasteiger partial charge in [-0.05, 0) is 59.8 Å². The van der Waals surface area contributed by atoms with Gasteiger partial charge in [0.2, 0.25) is 0 Å². The third-order valence-electron chi connectivity index (χ3n) is 9.45. The van der Waals surface area contributed by atoms with Crippen LogP contribution in [0.1, 0.15) is 6.42 Å². The maximum Gasteiger partial charge on any atom is 0.127 e. The normalized spacial score (nSPS) is 13.3. The Hall–Kier alpha value is -3.79. The summed E-state index contributed by atoms with van der Waals surface area (Å²) in [6, 6.07) is 54.2. The molecule has 0 amide bonds. The van der Waals surface area contributed by atoms with Crippen molar-refractivity contribution in [3.63, 3.8) is 0 Å². The third kappa shape index (κ3) is 7.44. The van der Waals surface area contributed by atoms with Crippen LogP contribution in [0.2, 0.25) is 39.3 Å². The van der Waals surface area contributed by atoms with Crippen molar-refractivity contribution in [1.29, 1.82) is 0 Å². The zero-order valence-electron chi connectivity index (χ0n) is 30.7. The third-order valence-corrected chi connectivity index (χ3v) is 19.0. The zero-order valence-corrected chi connectivity index (χ0v) is 34.5. The second-order valence-corrected chi connectivity index (χ2v) is 29.6. The molecule has 0 spiro atoms. The molecule has 6 aromatic carbocycles. The first kappa shape index (κ1) is 35.6. The first-order valence-corrected chi connectivity index (χ1v) is 27.7. The average molecular weight is 739 g/mol. The van der Waals surface area contributed by atoms with Crippen LogP contribution in [0.5, 0.6) is 11.5 Å². The van der Waals surface area contributed by atoms with Crippen LogP contribution in [-0.2, 0) is 0 Å². The van der Waals surface area contributed by atoms with E-state index in [2.05, 4.69) is 185 Å². The van der Waals surface area contributed by atoms with E-state index in [9.17, 15) is 0 Å². The molecule has 0 aromatic heterocycles. The molecule has 0 radical (unpaired) electrons. The van der Waals surface area contributed by atoms with Gasteiger partial charge >= 0.3 is 0 Å². The van der Waals surface area contributed by atoms with Crippen molar-refractivity contribution in [1.82, 2.24) is 0 Å². The summed E-state index contributed by atoms with van der Waals surface area (Å²) in [5, 5.41) is 11.2. The van der Waals surface area contributed by atoms with Crippen molar-refractivity contribution < 1.29 is 9.47 Å². The van der Waals surface area contributed by atoms with Crippen molar-refractivity contribution in [2.45, 2.75) is 45.7 Å². The van der Waals surface area contributed by atoms with Crippen LogP contribution in [0, 0.1) is 0 Å². The fourth-order valence-electron chi connectivity index (χ4n) is 7.09. The molecule has 6 aromatic rings. The Morgan fingerprint density at radius 3 is 0.961 bits per heavy atom. The predicted octanol–water partition coefficient (Wildman–Crippen LogP) is 8.12. The molecule has 1 heterocycles. The molecule has 1 aliphatic rings. The van der Waals surface area contributed by atoms with Gasteiger partial charge in [0.25, 0.3) is 0 Å². The van der Waals surface area contributed by atoms with Crippen molar-refractivity contribution in [3.8, 4) is 22.6 Å². The smallest absolute Gasteiger partial charge is 0.127 e. The summed E-state index contributed by atoms with van der Waals surface area (Å²) in [6.07, 6.45) is 0.827. The highest BCUT2D eigenvalue weighted by Gasteiger charge is 2.37. The molecule has 1 aliphatic heterocycles. The summed E-state index contributed by atoms with van der Waals surface area (Å²) in [5.74, 6) is 1.95. The summed E-state index contributed by atoms with van der Waals surface area (Å²) < 4.78 is 13.9. The van der Waals surface area contributed by atoms with Gasteiger partial charge in [-0.25, -0.2) is 0 Å². The maximum absolute atomic E-state index is 6.93. The minimum atomic E-state index is -1.92. The van der Waals surface area contributed by atoms with E-state index in [1.165, 1.54) is 53.3 Å². The second kappa shape index (κ2) is 15.1. The van der Waals surface area contributed by atoms with Gasteiger partial charge in [0.15, 0.2) is 0 Å². The molecule has 6 heteroatoms. The first-order chi connectivity index (χ1) is 24.6. The van der Waals surface area contributed by atoms with Crippen LogP contribution in [0.4, 0.5) is 0 Å². The quantitative estimate of drug-likeness (QED) is 0.116. The van der Waals surface area contributed by atoms with Crippen LogP contribution < -0.4 is 51.7 Å². The molecule has 0 aliphatic carbocycles. The van der Waals surface area contributed by atoms with Crippen LogP contribution in [-0.4, -0.2) is 29.4 Å². The molecule has 2 nitrogen and oxygen atoms in total. The van der Waals surface area contributed by atoms with Crippen LogP contribution in [0.3, 0.4) is 0 Å². The predicted molar refractivity (Wildman–Crippen MR) is 231 cm³/mol. The Bertz CT molecular complexity index is 1860. The van der Waals surface area contributed by atoms with Crippen LogP contribution in [0.25, 0.3) is 11.1 Å². The number of rotatable bonds is 8. The lowest BCUT2D eigenvalue weighted by Crippen LogP contribution is -2.50. The van der Waals surface area contributed by atoms with E-state index >= 15 is 0 Å². The van der Waals surface area contributed by atoms with Crippen LogP contribution >= 0.6 is 15.8 Å². The number of hydrogen-bond donors (Lipinski definition) is 0. The zero-order chi connectivity index (χ0) is 35.6. The summed E-state index contributed by atoms with van der Waals surface area (Å²) in [4.78, 5) is 0. The lowest BCUT2D eigenvalue weighted by atomic mass is 10.0. The Morgan fingerprint density at radius 1 is 0.392 bits per heavy atom. The van der Waals surface area contributed by atoms with E-state index in [0.717, 1.165) is 17.9 Å². The van der Waals surface area contributed by atoms with Gasteiger partial charge in [0, 0.05) is 17.5 Å². The monoisotopic (exact) mass is 738 g/mol. The van der Waals surface area contributed by atoms with Crippen LogP contribution in [0.15, 0.2) is 146 Å². The Morgan fingerprint density at radius 2 is 0.686 bits per heavy atom. The molecule has 51 heavy (non-hydrogen) atoms. The largest absolute Gasteiger partial charge is 0.493 e. The van der Waals surface area contributed by atoms with Crippen molar-refractivity contribution in [2.75, 3.05) is 13.2 Å². The van der Waals surface area contributed by atoms with Gasteiger partial charge in [-0.15, -0.1) is 0 Å². The van der Waals surface area contributed by atoms with E-state index in [4.69, 9.17) is 9.47 Å². The molecule has 0 N–H and O–H groups in total. The van der Waals surface area contributed by atoms with Gasteiger partial charge in [0.1, 0.15) is 11.5 Å². The van der Waals surface area contributed by atoms with E-state index < -0.39 is 32.0 Å². The summed E-state index contributed by atoms with van der Waals surface area (Å²) in [6.45, 7) is 16.2. The van der Waals surface area contributed by atoms with Gasteiger partial charge in [-0.1, -0.05) is 183 Å². The maximum atomic E-state index is 6.93. The van der Waals surface area contributed by atoms with E-state index in [1.54, 1.807) is 0 Å². The van der Waals surface area contributed by atoms with Crippen molar-refractivity contribution in [2.24, 2.45) is 0 Å². The van der Waals surface area contributed by atoms with E-state index in [1.807, 2.05) is 0 Å². The molecular formula is C45H48O2P2Si2. The fraction of sp³-hybridized carbons (Fsp3) is 0.200. The molecule has 0 unspecified atom stereocenters. The molecule has 258 valence electrons. The minimum absolute atomic E-state index is 0.615. The molecule has 0 bridgehead atoms. The topological polar surface area (TPSA) is 18.5 Å². The summed E-state index contributed by atoms with van der Waals surface area (Å²) >= 11 is 0. The lowest BCUT2D eigenvalue weighted by molar-refractivity contribution is 0.252. The highest BCUT2D eigenvalue weighted by molar-refractivity contribution is 7.81. The summed E-state index contributed by atoms with van der Waals surface area (Å²) in [7, 11) is -5.75. The standard InChI is InChI=1S/C45H48O2P2Si2/c1-50(2,3)40-30-28-38-42(44(40)48(34-20-11-7-12-21-34)35-22-13-8-14-23-35)43-39(47-33-19-32-46-38)29-31-41(51(4,5)6)45(43)49(36-24-15-9-16-25-36)37-26-17-10-18-27-37/h7-18,20-31H,19,32-33H2,1-6H3. The first-order valence-electron chi connectivity index (χ1n) is 18.0. The number of hydrogen-bond acceptors (Lipinski definition) is 2. The van der Waals surface area contributed by atoms with Gasteiger partial charge in [-0.3, -0.25) is 0 Å². The van der Waals surface area contributed by atoms with Gasteiger partial charge in [-0.2, -0.15) is 0 Å². The van der Waals surface area contributed by atoms with Gasteiger partial charge in [0.05, 0.1) is 29.4 Å². The van der Waals surface area contributed by atoms with Gasteiger partial charge < -0.3 is 9.47 Å². The Labute approximate surface area is 309 Å². The summed E-state index contributed by atoms with van der Waals surface area (Å²) in [5.41, 5.74) is 2.47. The van der Waals surface area contributed by atoms with Crippen molar-refractivity contribution >= 4 is 74.2 Å². The fourth-order valence-corrected chi connectivity index (χ4v) is 17.6. The SMILES string of the molecule is C[Si](C)(C)c1ccc2c(c1P(c1ccccc1)c1ccccc1)-c1c(ccc([Si](C)(C)C)c1P(c1ccccc1)c1ccccc1)OCCCO2. The molecule has 0 saturated heterocycles. The van der Waals surface area contributed by atoms with E-state index in [0.29, 0.717) is 13.2 Å². The number of ether oxygens (including phenoxy) is 2. The average Bonchev–Trinajstić information content (AvgIpc) is 3.22. The minimum Gasteiger partial charge on any atom is -0.493 e. The Kier molecular flexibility index (Phi) is 10.5. The molecule has 0 saturated carbocycles. The lowest BCUT2D eigenvalue weighted by Gasteiger charge is -2.35. The molecular weight excluding hydrogens is 691 g/mol. The number of fused-ring (bicyclic) bond motifs is 3. The molecule has 0 atom stereocenters. The second-order valence-electron chi connectivity index (χ2n) is 15.2. The highest BCUT2D eigenvalue weighted by Crippen LogP contribution is 2.47. The van der Waals surface area contributed by atoms with Crippen molar-refractivity contribution in [3.05, 3.63) is 146 Å².